The molecule has 168 valence electrons. The van der Waals surface area contributed by atoms with Gasteiger partial charge in [0, 0.05) is 29.3 Å². The van der Waals surface area contributed by atoms with Crippen molar-refractivity contribution in [2.75, 3.05) is 11.6 Å². The van der Waals surface area contributed by atoms with Gasteiger partial charge in [-0.1, -0.05) is 0 Å². The number of carboxylic acids is 1. The molecule has 0 amide bonds. The molecule has 3 aliphatic carbocycles. The minimum Gasteiger partial charge on any atom is -0.481 e. The van der Waals surface area contributed by atoms with Crippen LogP contribution < -0.4 is 5.32 Å². The Hall–Kier alpha value is -2.75. The van der Waals surface area contributed by atoms with Crippen molar-refractivity contribution in [2.45, 2.75) is 36.8 Å². The number of carbonyl (C=O) groups is 1. The molecule has 0 radical (unpaired) electrons. The third kappa shape index (κ3) is 3.41. The summed E-state index contributed by atoms with van der Waals surface area (Å²) in [6.07, 6.45) is 6.62. The Morgan fingerprint density at radius 2 is 1.88 bits per heavy atom. The van der Waals surface area contributed by atoms with E-state index >= 15 is 4.39 Å². The normalized spacial score (nSPS) is 24.8. The first-order valence-corrected chi connectivity index (χ1v) is 11.7. The first-order valence-electron chi connectivity index (χ1n) is 10.4. The summed E-state index contributed by atoms with van der Waals surface area (Å²) >= 11 is 1.08. The molecule has 0 spiro atoms. The SMILES string of the molecule is CSc1nc(-c2c[nH]c3c(F)cc(F)cc23)nc(N[C@H]2C3CCC(CC3)[C@@H]2C(=O)O)c1F. The molecule has 10 heteroatoms. The van der Waals surface area contributed by atoms with E-state index in [1.54, 1.807) is 6.26 Å². The van der Waals surface area contributed by atoms with Crippen molar-refractivity contribution in [1.82, 2.24) is 15.0 Å². The summed E-state index contributed by atoms with van der Waals surface area (Å²) in [4.78, 5) is 23.3. The number of hydrogen-bond acceptors (Lipinski definition) is 5. The van der Waals surface area contributed by atoms with Crippen LogP contribution in [0.2, 0.25) is 0 Å². The first kappa shape index (κ1) is 21.1. The number of fused-ring (bicyclic) bond motifs is 4. The van der Waals surface area contributed by atoms with Crippen molar-refractivity contribution >= 4 is 34.5 Å². The number of hydrogen-bond donors (Lipinski definition) is 3. The molecule has 2 heterocycles. The number of anilines is 1. The molecule has 0 aliphatic heterocycles. The number of H-pyrrole nitrogens is 1. The van der Waals surface area contributed by atoms with Crippen molar-refractivity contribution in [3.05, 3.63) is 35.8 Å². The lowest BCUT2D eigenvalue weighted by Gasteiger charge is -2.47. The van der Waals surface area contributed by atoms with E-state index in [-0.39, 0.29) is 39.4 Å². The van der Waals surface area contributed by atoms with Gasteiger partial charge in [0.05, 0.1) is 11.4 Å². The van der Waals surface area contributed by atoms with Crippen LogP contribution in [0.3, 0.4) is 0 Å². The fourth-order valence-electron chi connectivity index (χ4n) is 5.29. The summed E-state index contributed by atoms with van der Waals surface area (Å²) in [6.45, 7) is 0. The van der Waals surface area contributed by atoms with Gasteiger partial charge in [0.2, 0.25) is 0 Å². The van der Waals surface area contributed by atoms with Gasteiger partial charge in [0.25, 0.3) is 0 Å². The zero-order chi connectivity index (χ0) is 22.6. The number of carboxylic acid groups (broad SMARTS) is 1. The van der Waals surface area contributed by atoms with Gasteiger partial charge in [0.15, 0.2) is 17.5 Å². The Kier molecular flexibility index (Phi) is 5.27. The van der Waals surface area contributed by atoms with Gasteiger partial charge < -0.3 is 15.4 Å². The van der Waals surface area contributed by atoms with Crippen LogP contribution in [0, 0.1) is 35.2 Å². The molecular weight excluding hydrogens is 441 g/mol. The van der Waals surface area contributed by atoms with Crippen LogP contribution in [0.5, 0.6) is 0 Å². The number of benzene rings is 1. The summed E-state index contributed by atoms with van der Waals surface area (Å²) in [5, 5.41) is 13.2. The van der Waals surface area contributed by atoms with Gasteiger partial charge in [-0.05, 0) is 49.8 Å². The fourth-order valence-corrected chi connectivity index (χ4v) is 5.74. The van der Waals surface area contributed by atoms with Crippen LogP contribution in [0.4, 0.5) is 19.0 Å². The number of aromatic nitrogens is 3. The summed E-state index contributed by atoms with van der Waals surface area (Å²) in [7, 11) is 0. The molecule has 6 rings (SSSR count). The lowest BCUT2D eigenvalue weighted by Crippen LogP contribution is -2.51. The molecule has 32 heavy (non-hydrogen) atoms. The largest absolute Gasteiger partial charge is 0.481 e. The van der Waals surface area contributed by atoms with Gasteiger partial charge in [-0.2, -0.15) is 4.39 Å². The molecule has 2 atom stereocenters. The molecule has 3 saturated carbocycles. The number of halogens is 3. The number of rotatable bonds is 5. The molecule has 2 aromatic heterocycles. The molecule has 2 bridgehead atoms. The molecule has 0 unspecified atom stereocenters. The van der Waals surface area contributed by atoms with Crippen LogP contribution in [0.25, 0.3) is 22.3 Å². The summed E-state index contributed by atoms with van der Waals surface area (Å²) in [5.74, 6) is -3.48. The van der Waals surface area contributed by atoms with Crippen molar-refractivity contribution in [1.29, 1.82) is 0 Å². The average Bonchev–Trinajstić information content (AvgIpc) is 3.20. The lowest BCUT2D eigenvalue weighted by molar-refractivity contribution is -0.148. The van der Waals surface area contributed by atoms with Crippen molar-refractivity contribution < 1.29 is 23.1 Å². The summed E-state index contributed by atoms with van der Waals surface area (Å²) in [6, 6.07) is 1.51. The standard InChI is InChI=1S/C22H21F3N4O2S/c1-32-21-16(25)20(27-17-10-4-2-9(3-5-10)15(17)22(30)31)28-19(29-21)13-8-26-18-12(13)6-11(23)7-14(18)24/h6-10,15,17,26H,2-5H2,1H3,(H,30,31)(H,27,28,29)/t9?,10?,15-,17-/m0/s1. The van der Waals surface area contributed by atoms with Crippen molar-refractivity contribution in [2.24, 2.45) is 17.8 Å². The Bertz CT molecular complexity index is 1210. The number of aromatic amines is 1. The highest BCUT2D eigenvalue weighted by atomic mass is 32.2. The number of aliphatic carboxylic acids is 1. The molecule has 3 fully saturated rings. The third-order valence-electron chi connectivity index (χ3n) is 6.77. The van der Waals surface area contributed by atoms with Crippen molar-refractivity contribution in [3.63, 3.8) is 0 Å². The van der Waals surface area contributed by atoms with E-state index in [0.29, 0.717) is 5.56 Å². The van der Waals surface area contributed by atoms with Crippen molar-refractivity contribution in [3.8, 4) is 11.4 Å². The highest BCUT2D eigenvalue weighted by molar-refractivity contribution is 7.98. The van der Waals surface area contributed by atoms with Gasteiger partial charge in [-0.25, -0.2) is 18.7 Å². The van der Waals surface area contributed by atoms with E-state index in [1.807, 2.05) is 0 Å². The first-order chi connectivity index (χ1) is 15.4. The van der Waals surface area contributed by atoms with Crippen LogP contribution in [0.15, 0.2) is 23.4 Å². The lowest BCUT2D eigenvalue weighted by atomic mass is 9.61. The van der Waals surface area contributed by atoms with Gasteiger partial charge >= 0.3 is 5.97 Å². The topological polar surface area (TPSA) is 90.9 Å². The second-order valence-electron chi connectivity index (χ2n) is 8.44. The minimum atomic E-state index is -0.890. The van der Waals surface area contributed by atoms with E-state index in [0.717, 1.165) is 43.5 Å². The maximum absolute atomic E-state index is 15.2. The predicted octanol–water partition coefficient (Wildman–Crippen LogP) is 5.07. The van der Waals surface area contributed by atoms with Crippen LogP contribution in [-0.2, 0) is 4.79 Å². The highest BCUT2D eigenvalue weighted by Crippen LogP contribution is 2.46. The highest BCUT2D eigenvalue weighted by Gasteiger charge is 2.47. The van der Waals surface area contributed by atoms with E-state index in [1.165, 1.54) is 12.3 Å². The van der Waals surface area contributed by atoms with Gasteiger partial charge in [-0.3, -0.25) is 4.79 Å². The smallest absolute Gasteiger partial charge is 0.308 e. The fraction of sp³-hybridized carbons (Fsp3) is 0.409. The maximum Gasteiger partial charge on any atom is 0.308 e. The quantitative estimate of drug-likeness (QED) is 0.363. The molecule has 1 aromatic carbocycles. The zero-order valence-electron chi connectivity index (χ0n) is 17.2. The second kappa shape index (κ2) is 7.99. The predicted molar refractivity (Wildman–Crippen MR) is 115 cm³/mol. The van der Waals surface area contributed by atoms with E-state index in [9.17, 15) is 18.7 Å². The molecule has 6 nitrogen and oxygen atoms in total. The van der Waals surface area contributed by atoms with E-state index < -0.39 is 35.4 Å². The van der Waals surface area contributed by atoms with Gasteiger partial charge in [-0.15, -0.1) is 11.8 Å². The Balaban J connectivity index is 1.59. The molecule has 0 saturated heterocycles. The maximum atomic E-state index is 15.2. The molecule has 3 aromatic rings. The minimum absolute atomic E-state index is 0.0546. The van der Waals surface area contributed by atoms with E-state index in [2.05, 4.69) is 20.3 Å². The monoisotopic (exact) mass is 462 g/mol. The zero-order valence-corrected chi connectivity index (χ0v) is 18.0. The summed E-state index contributed by atoms with van der Waals surface area (Å²) in [5.41, 5.74) is 0.432. The number of thioether (sulfide) groups is 1. The Labute approximate surface area is 186 Å². The third-order valence-corrected chi connectivity index (χ3v) is 7.43. The Morgan fingerprint density at radius 3 is 2.56 bits per heavy atom. The molecule has 3 aliphatic rings. The Morgan fingerprint density at radius 1 is 1.16 bits per heavy atom. The second-order valence-corrected chi connectivity index (χ2v) is 9.24. The average molecular weight is 462 g/mol. The molecule has 3 N–H and O–H groups in total. The van der Waals surface area contributed by atoms with Crippen LogP contribution in [-0.4, -0.2) is 38.3 Å². The van der Waals surface area contributed by atoms with Gasteiger partial charge in [0.1, 0.15) is 16.7 Å². The van der Waals surface area contributed by atoms with Crippen LogP contribution in [0.1, 0.15) is 25.7 Å². The number of nitrogens with zero attached hydrogens (tertiary/aromatic N) is 2. The van der Waals surface area contributed by atoms with Crippen LogP contribution >= 0.6 is 11.8 Å². The summed E-state index contributed by atoms with van der Waals surface area (Å²) < 4.78 is 43.2. The molecular formula is C22H21F3N4O2S. The van der Waals surface area contributed by atoms with E-state index in [4.69, 9.17) is 0 Å². The number of nitrogens with one attached hydrogen (secondary N) is 2.